The van der Waals surface area contributed by atoms with Gasteiger partial charge in [-0.15, -0.1) is 11.3 Å². The van der Waals surface area contributed by atoms with Gasteiger partial charge in [-0.3, -0.25) is 4.98 Å². The van der Waals surface area contributed by atoms with Crippen LogP contribution in [0.2, 0.25) is 5.02 Å². The average Bonchev–Trinajstić information content (AvgIpc) is 3.06. The van der Waals surface area contributed by atoms with Gasteiger partial charge in [0.1, 0.15) is 5.82 Å². The van der Waals surface area contributed by atoms with Gasteiger partial charge in [-0.2, -0.15) is 0 Å². The summed E-state index contributed by atoms with van der Waals surface area (Å²) in [5.41, 5.74) is 8.40. The zero-order chi connectivity index (χ0) is 19.9. The molecule has 0 saturated heterocycles. The third-order valence-electron chi connectivity index (χ3n) is 4.62. The van der Waals surface area contributed by atoms with Crippen molar-refractivity contribution in [1.29, 1.82) is 0 Å². The third-order valence-corrected chi connectivity index (χ3v) is 6.15. The fraction of sp³-hybridized carbons (Fsp3) is 0.182. The summed E-state index contributed by atoms with van der Waals surface area (Å²) in [6.45, 7) is 3.55. The van der Waals surface area contributed by atoms with Crippen LogP contribution in [-0.4, -0.2) is 15.1 Å². The number of pyridine rings is 2. The van der Waals surface area contributed by atoms with Gasteiger partial charge in [0.2, 0.25) is 0 Å². The van der Waals surface area contributed by atoms with Gasteiger partial charge in [0.25, 0.3) is 0 Å². The fourth-order valence-corrected chi connectivity index (χ4v) is 4.51. The van der Waals surface area contributed by atoms with Gasteiger partial charge in [0, 0.05) is 27.8 Å². The number of halogens is 1. The molecule has 0 saturated carbocycles. The van der Waals surface area contributed by atoms with Gasteiger partial charge in [-0.05, 0) is 55.1 Å². The molecule has 1 aromatic carbocycles. The molecule has 0 bridgehead atoms. The first-order valence-corrected chi connectivity index (χ1v) is 10.1. The molecule has 4 nitrogen and oxygen atoms in total. The molecule has 3 N–H and O–H groups in total. The summed E-state index contributed by atoms with van der Waals surface area (Å²) >= 11 is 7.98. The minimum Gasteiger partial charge on any atom is -0.386 e. The standard InChI is InChI=1S/C22H20ClN3OS/c1-22(2,27)14-8-9-25-18(11-14)16-5-3-4-13-10-15(28-21(13)16)12-19-17(23)6-7-20(24)26-19/h3-11,27H,12H2,1-2H3,(H2,24,26). The van der Waals surface area contributed by atoms with E-state index in [2.05, 4.69) is 28.2 Å². The van der Waals surface area contributed by atoms with E-state index < -0.39 is 5.60 Å². The van der Waals surface area contributed by atoms with Crippen LogP contribution in [0.1, 0.15) is 30.0 Å². The zero-order valence-electron chi connectivity index (χ0n) is 15.6. The molecular formula is C22H20ClN3OS. The number of nitrogens with two attached hydrogens (primary N) is 1. The molecule has 3 aromatic heterocycles. The third kappa shape index (κ3) is 3.74. The highest BCUT2D eigenvalue weighted by atomic mass is 35.5. The maximum absolute atomic E-state index is 10.3. The number of hydrogen-bond donors (Lipinski definition) is 2. The molecule has 0 radical (unpaired) electrons. The quantitative estimate of drug-likeness (QED) is 0.472. The first kappa shape index (κ1) is 18.9. The van der Waals surface area contributed by atoms with Gasteiger partial charge < -0.3 is 10.8 Å². The number of anilines is 1. The Bertz CT molecular complexity index is 1160. The van der Waals surface area contributed by atoms with Crippen LogP contribution in [0.3, 0.4) is 0 Å². The topological polar surface area (TPSA) is 72.0 Å². The lowest BCUT2D eigenvalue weighted by molar-refractivity contribution is 0.0785. The first-order chi connectivity index (χ1) is 13.3. The van der Waals surface area contributed by atoms with E-state index in [-0.39, 0.29) is 0 Å². The van der Waals surface area contributed by atoms with Crippen molar-refractivity contribution in [2.45, 2.75) is 25.9 Å². The fourth-order valence-electron chi connectivity index (χ4n) is 3.15. The summed E-state index contributed by atoms with van der Waals surface area (Å²) in [4.78, 5) is 10.1. The second-order valence-corrected chi connectivity index (χ2v) is 8.81. The molecular weight excluding hydrogens is 390 g/mol. The molecule has 28 heavy (non-hydrogen) atoms. The predicted molar refractivity (Wildman–Crippen MR) is 117 cm³/mol. The van der Waals surface area contributed by atoms with Crippen molar-refractivity contribution in [2.24, 2.45) is 0 Å². The van der Waals surface area contributed by atoms with E-state index in [0.29, 0.717) is 17.3 Å². The number of rotatable bonds is 4. The van der Waals surface area contributed by atoms with Gasteiger partial charge >= 0.3 is 0 Å². The molecule has 0 amide bonds. The lowest BCUT2D eigenvalue weighted by atomic mass is 9.97. The van der Waals surface area contributed by atoms with Gasteiger partial charge in [-0.1, -0.05) is 29.8 Å². The van der Waals surface area contributed by atoms with E-state index in [9.17, 15) is 5.11 Å². The second kappa shape index (κ2) is 7.17. The minimum absolute atomic E-state index is 0.467. The highest BCUT2D eigenvalue weighted by molar-refractivity contribution is 7.19. The van der Waals surface area contributed by atoms with Gasteiger partial charge in [0.05, 0.1) is 22.0 Å². The number of nitrogens with zero attached hydrogens (tertiary/aromatic N) is 2. The van der Waals surface area contributed by atoms with Crippen LogP contribution in [0.5, 0.6) is 0 Å². The second-order valence-electron chi connectivity index (χ2n) is 7.27. The molecule has 0 aliphatic heterocycles. The van der Waals surface area contributed by atoms with Crippen molar-refractivity contribution in [3.8, 4) is 11.3 Å². The monoisotopic (exact) mass is 409 g/mol. The van der Waals surface area contributed by atoms with Crippen molar-refractivity contribution >= 4 is 38.8 Å². The smallest absolute Gasteiger partial charge is 0.123 e. The van der Waals surface area contributed by atoms with Crippen LogP contribution in [0.25, 0.3) is 21.3 Å². The Labute approximate surface area is 172 Å². The highest BCUT2D eigenvalue weighted by Gasteiger charge is 2.18. The maximum atomic E-state index is 10.3. The van der Waals surface area contributed by atoms with Crippen molar-refractivity contribution in [1.82, 2.24) is 9.97 Å². The van der Waals surface area contributed by atoms with Crippen LogP contribution in [0.15, 0.2) is 54.7 Å². The van der Waals surface area contributed by atoms with Crippen molar-refractivity contribution in [2.75, 3.05) is 5.73 Å². The lowest BCUT2D eigenvalue weighted by Crippen LogP contribution is -2.15. The van der Waals surface area contributed by atoms with E-state index in [1.165, 1.54) is 0 Å². The number of aromatic nitrogens is 2. The first-order valence-electron chi connectivity index (χ1n) is 8.93. The average molecular weight is 410 g/mol. The zero-order valence-corrected chi connectivity index (χ0v) is 17.2. The van der Waals surface area contributed by atoms with Crippen LogP contribution >= 0.6 is 22.9 Å². The molecule has 0 unspecified atom stereocenters. The lowest BCUT2D eigenvalue weighted by Gasteiger charge is -2.18. The summed E-state index contributed by atoms with van der Waals surface area (Å²) in [5.74, 6) is 0.467. The Hall–Kier alpha value is -2.47. The Morgan fingerprint density at radius 3 is 2.75 bits per heavy atom. The van der Waals surface area contributed by atoms with E-state index >= 15 is 0 Å². The number of aliphatic hydroxyl groups is 1. The number of nitrogen functional groups attached to an aromatic ring is 1. The molecule has 0 atom stereocenters. The van der Waals surface area contributed by atoms with Crippen LogP contribution in [0.4, 0.5) is 5.82 Å². The molecule has 3 heterocycles. The summed E-state index contributed by atoms with van der Waals surface area (Å²) < 4.78 is 1.15. The van der Waals surface area contributed by atoms with Gasteiger partial charge in [0.15, 0.2) is 0 Å². The minimum atomic E-state index is -0.915. The molecule has 6 heteroatoms. The SMILES string of the molecule is CC(C)(O)c1ccnc(-c2cccc3cc(Cc4nc(N)ccc4Cl)sc23)c1. The normalized spacial score (nSPS) is 11.9. The van der Waals surface area contributed by atoms with Crippen LogP contribution in [0, 0.1) is 0 Å². The van der Waals surface area contributed by atoms with Gasteiger partial charge in [-0.25, -0.2) is 4.98 Å². The van der Waals surface area contributed by atoms with Crippen molar-refractivity contribution in [3.05, 3.63) is 75.9 Å². The van der Waals surface area contributed by atoms with E-state index in [1.54, 1.807) is 43.5 Å². The number of thiophene rings is 1. The molecule has 0 aliphatic carbocycles. The number of hydrogen-bond acceptors (Lipinski definition) is 5. The molecule has 0 aliphatic rings. The van der Waals surface area contributed by atoms with Crippen molar-refractivity contribution < 1.29 is 5.11 Å². The van der Waals surface area contributed by atoms with Crippen molar-refractivity contribution in [3.63, 3.8) is 0 Å². The maximum Gasteiger partial charge on any atom is 0.123 e. The molecule has 4 aromatic rings. The highest BCUT2D eigenvalue weighted by Crippen LogP contribution is 2.36. The largest absolute Gasteiger partial charge is 0.386 e. The summed E-state index contributed by atoms with van der Waals surface area (Å²) in [5, 5.41) is 12.1. The Balaban J connectivity index is 1.77. The van der Waals surface area contributed by atoms with Crippen LogP contribution in [-0.2, 0) is 12.0 Å². The predicted octanol–water partition coefficient (Wildman–Crippen LogP) is 5.41. The Morgan fingerprint density at radius 2 is 1.96 bits per heavy atom. The Morgan fingerprint density at radius 1 is 1.14 bits per heavy atom. The van der Waals surface area contributed by atoms with E-state index in [1.807, 2.05) is 18.2 Å². The summed E-state index contributed by atoms with van der Waals surface area (Å²) in [6.07, 6.45) is 2.37. The number of fused-ring (bicyclic) bond motifs is 1. The molecule has 0 fully saturated rings. The summed E-state index contributed by atoms with van der Waals surface area (Å²) in [7, 11) is 0. The van der Waals surface area contributed by atoms with E-state index in [4.69, 9.17) is 17.3 Å². The van der Waals surface area contributed by atoms with E-state index in [0.717, 1.165) is 37.5 Å². The van der Waals surface area contributed by atoms with Crippen LogP contribution < -0.4 is 5.73 Å². The molecule has 0 spiro atoms. The molecule has 4 rings (SSSR count). The number of benzene rings is 1. The Kier molecular flexibility index (Phi) is 4.83. The molecule has 142 valence electrons. The summed E-state index contributed by atoms with van der Waals surface area (Å²) in [6, 6.07) is 15.6.